The lowest BCUT2D eigenvalue weighted by molar-refractivity contribution is 0.474. The van der Waals surface area contributed by atoms with Crippen molar-refractivity contribution in [1.29, 1.82) is 0 Å². The average molecular weight is 319 g/mol. The molecule has 0 aliphatic rings. The Morgan fingerprint density at radius 3 is 2.68 bits per heavy atom. The Morgan fingerprint density at radius 1 is 1.36 bits per heavy atom. The van der Waals surface area contributed by atoms with Crippen molar-refractivity contribution in [2.75, 3.05) is 18.0 Å². The maximum absolute atomic E-state index is 10.2. The van der Waals surface area contributed by atoms with E-state index in [9.17, 15) is 5.11 Å². The number of nitrogens with one attached hydrogen (secondary N) is 1. The van der Waals surface area contributed by atoms with E-state index in [1.165, 1.54) is 0 Å². The lowest BCUT2D eigenvalue weighted by Crippen LogP contribution is -2.21. The van der Waals surface area contributed by atoms with Crippen molar-refractivity contribution in [3.05, 3.63) is 34.4 Å². The molecule has 0 amide bonds. The number of aromatic amines is 1. The summed E-state index contributed by atoms with van der Waals surface area (Å²) in [6, 6.07) is 5.58. The van der Waals surface area contributed by atoms with Crippen LogP contribution in [0.15, 0.2) is 23.3 Å². The number of aryl methyl sites for hydroxylation is 1. The third kappa shape index (κ3) is 3.36. The Labute approximate surface area is 135 Å². The first-order chi connectivity index (χ1) is 10.6. The summed E-state index contributed by atoms with van der Waals surface area (Å²) in [6.07, 6.45) is 2.31. The van der Waals surface area contributed by atoms with Crippen LogP contribution in [0.2, 0.25) is 0 Å². The van der Waals surface area contributed by atoms with Crippen molar-refractivity contribution in [1.82, 2.24) is 14.9 Å². The van der Waals surface area contributed by atoms with Gasteiger partial charge in [-0.3, -0.25) is 5.10 Å². The summed E-state index contributed by atoms with van der Waals surface area (Å²) < 4.78 is 2.00. The summed E-state index contributed by atoms with van der Waals surface area (Å²) >= 11 is 5.14. The molecular formula is C15H21N5OS. The zero-order chi connectivity index (χ0) is 16.1. The number of hydrogen-bond donors (Lipinski definition) is 2. The second-order valence-corrected chi connectivity index (χ2v) is 5.16. The Kier molecular flexibility index (Phi) is 5.32. The zero-order valence-electron chi connectivity index (χ0n) is 13.1. The lowest BCUT2D eigenvalue weighted by Gasteiger charge is -2.21. The molecule has 0 radical (unpaired) electrons. The molecule has 0 saturated carbocycles. The van der Waals surface area contributed by atoms with Crippen molar-refractivity contribution in [2.24, 2.45) is 5.10 Å². The van der Waals surface area contributed by atoms with Crippen molar-refractivity contribution in [3.63, 3.8) is 0 Å². The average Bonchev–Trinajstić information content (AvgIpc) is 2.88. The number of H-pyrrole nitrogens is 1. The van der Waals surface area contributed by atoms with Crippen LogP contribution < -0.4 is 4.90 Å². The van der Waals surface area contributed by atoms with Gasteiger partial charge in [0.2, 0.25) is 4.77 Å². The minimum atomic E-state index is 0.196. The standard InChI is InChI=1S/C15H21N5OS/c1-4-14-17-18-15(22)20(14)16-10-11-7-8-12(9-13(11)21)19(5-2)6-3/h7-10,21H,4-6H2,1-3H3,(H,18,22). The van der Waals surface area contributed by atoms with Gasteiger partial charge in [-0.05, 0) is 38.2 Å². The quantitative estimate of drug-likeness (QED) is 0.634. The summed E-state index contributed by atoms with van der Waals surface area (Å²) in [5, 5.41) is 21.3. The van der Waals surface area contributed by atoms with Crippen LogP contribution in [0.25, 0.3) is 0 Å². The summed E-state index contributed by atoms with van der Waals surface area (Å²) in [6.45, 7) is 7.94. The van der Waals surface area contributed by atoms with Gasteiger partial charge in [0.05, 0.1) is 6.21 Å². The van der Waals surface area contributed by atoms with Gasteiger partial charge < -0.3 is 10.0 Å². The van der Waals surface area contributed by atoms with Crippen molar-refractivity contribution in [3.8, 4) is 5.75 Å². The van der Waals surface area contributed by atoms with E-state index in [2.05, 4.69) is 34.0 Å². The first-order valence-corrected chi connectivity index (χ1v) is 7.80. The number of nitrogens with zero attached hydrogens (tertiary/aromatic N) is 4. The van der Waals surface area contributed by atoms with Crippen LogP contribution in [0, 0.1) is 4.77 Å². The Morgan fingerprint density at radius 2 is 2.09 bits per heavy atom. The number of aromatic nitrogens is 3. The molecule has 0 aliphatic heterocycles. The smallest absolute Gasteiger partial charge is 0.216 e. The second-order valence-electron chi connectivity index (χ2n) is 4.77. The molecule has 2 aromatic rings. The van der Waals surface area contributed by atoms with Gasteiger partial charge in [0.15, 0.2) is 5.82 Å². The molecule has 0 spiro atoms. The van der Waals surface area contributed by atoms with Gasteiger partial charge >= 0.3 is 0 Å². The van der Waals surface area contributed by atoms with E-state index in [1.54, 1.807) is 17.0 Å². The second kappa shape index (κ2) is 7.22. The highest BCUT2D eigenvalue weighted by Crippen LogP contribution is 2.23. The minimum absolute atomic E-state index is 0.196. The molecule has 2 N–H and O–H groups in total. The predicted octanol–water partition coefficient (Wildman–Crippen LogP) is 2.94. The normalized spacial score (nSPS) is 11.2. The molecule has 2 rings (SSSR count). The van der Waals surface area contributed by atoms with Crippen LogP contribution >= 0.6 is 12.2 Å². The van der Waals surface area contributed by atoms with E-state index in [-0.39, 0.29) is 5.75 Å². The molecule has 0 fully saturated rings. The van der Waals surface area contributed by atoms with Gasteiger partial charge in [0.25, 0.3) is 0 Å². The van der Waals surface area contributed by atoms with Gasteiger partial charge in [0, 0.05) is 36.8 Å². The van der Waals surface area contributed by atoms with E-state index in [0.717, 1.165) is 31.0 Å². The Bertz CT molecular complexity index is 715. The molecule has 7 heteroatoms. The topological polar surface area (TPSA) is 69.4 Å². The Balaban J connectivity index is 2.28. The van der Waals surface area contributed by atoms with E-state index < -0.39 is 0 Å². The first-order valence-electron chi connectivity index (χ1n) is 7.39. The van der Waals surface area contributed by atoms with E-state index in [0.29, 0.717) is 10.3 Å². The lowest BCUT2D eigenvalue weighted by atomic mass is 10.2. The van der Waals surface area contributed by atoms with Gasteiger partial charge in [-0.2, -0.15) is 14.9 Å². The molecule has 6 nitrogen and oxygen atoms in total. The van der Waals surface area contributed by atoms with Crippen LogP contribution in [-0.4, -0.2) is 39.3 Å². The molecular weight excluding hydrogens is 298 g/mol. The SMILES string of the molecule is CCc1n[nH]c(=S)n1N=Cc1ccc(N(CC)CC)cc1O. The van der Waals surface area contributed by atoms with E-state index in [4.69, 9.17) is 12.2 Å². The molecule has 1 aromatic heterocycles. The largest absolute Gasteiger partial charge is 0.507 e. The molecule has 1 heterocycles. The number of rotatable bonds is 6. The third-order valence-electron chi connectivity index (χ3n) is 3.49. The summed E-state index contributed by atoms with van der Waals surface area (Å²) in [7, 11) is 0. The van der Waals surface area contributed by atoms with E-state index >= 15 is 0 Å². The highest BCUT2D eigenvalue weighted by molar-refractivity contribution is 7.71. The van der Waals surface area contributed by atoms with Crippen molar-refractivity contribution < 1.29 is 5.11 Å². The van der Waals surface area contributed by atoms with Crippen LogP contribution in [0.4, 0.5) is 5.69 Å². The number of aromatic hydroxyl groups is 1. The summed E-state index contributed by atoms with van der Waals surface area (Å²) in [4.78, 5) is 2.17. The summed E-state index contributed by atoms with van der Waals surface area (Å²) in [5.74, 6) is 0.946. The third-order valence-corrected chi connectivity index (χ3v) is 3.75. The highest BCUT2D eigenvalue weighted by atomic mass is 32.1. The van der Waals surface area contributed by atoms with Gasteiger partial charge in [-0.25, -0.2) is 0 Å². The highest BCUT2D eigenvalue weighted by Gasteiger charge is 2.06. The van der Waals surface area contributed by atoms with Crippen LogP contribution in [0.1, 0.15) is 32.2 Å². The van der Waals surface area contributed by atoms with Crippen LogP contribution in [0.5, 0.6) is 5.75 Å². The molecule has 0 aliphatic carbocycles. The molecule has 0 unspecified atom stereocenters. The molecule has 0 bridgehead atoms. The van der Waals surface area contributed by atoms with Crippen LogP contribution in [0.3, 0.4) is 0 Å². The number of phenolic OH excluding ortho intramolecular Hbond substituents is 1. The summed E-state index contributed by atoms with van der Waals surface area (Å²) in [5.41, 5.74) is 1.63. The number of hydrogen-bond acceptors (Lipinski definition) is 5. The maximum atomic E-state index is 10.2. The van der Waals surface area contributed by atoms with Crippen molar-refractivity contribution >= 4 is 24.1 Å². The van der Waals surface area contributed by atoms with Crippen molar-refractivity contribution in [2.45, 2.75) is 27.2 Å². The maximum Gasteiger partial charge on any atom is 0.216 e. The van der Waals surface area contributed by atoms with Gasteiger partial charge in [-0.15, -0.1) is 0 Å². The molecule has 0 saturated heterocycles. The predicted molar refractivity (Wildman–Crippen MR) is 91.4 cm³/mol. The number of benzene rings is 1. The molecule has 1 aromatic carbocycles. The minimum Gasteiger partial charge on any atom is -0.507 e. The molecule has 0 atom stereocenters. The fourth-order valence-electron chi connectivity index (χ4n) is 2.22. The zero-order valence-corrected chi connectivity index (χ0v) is 13.9. The number of anilines is 1. The van der Waals surface area contributed by atoms with Gasteiger partial charge in [-0.1, -0.05) is 6.92 Å². The van der Waals surface area contributed by atoms with Gasteiger partial charge in [0.1, 0.15) is 5.75 Å². The first kappa shape index (κ1) is 16.2. The monoisotopic (exact) mass is 319 g/mol. The molecule has 118 valence electrons. The molecule has 22 heavy (non-hydrogen) atoms. The fourth-order valence-corrected chi connectivity index (χ4v) is 2.42. The van der Waals surface area contributed by atoms with E-state index in [1.807, 2.05) is 19.1 Å². The van der Waals surface area contributed by atoms with Crippen LogP contribution in [-0.2, 0) is 6.42 Å². The Hall–Kier alpha value is -2.15. The number of phenols is 1. The fraction of sp³-hybridized carbons (Fsp3) is 0.400.